The Hall–Kier alpha value is -3.52. The van der Waals surface area contributed by atoms with E-state index in [9.17, 15) is 24.3 Å². The zero-order chi connectivity index (χ0) is 24.0. The van der Waals surface area contributed by atoms with Crippen LogP contribution in [0.4, 0.5) is 9.59 Å². The average Bonchev–Trinajstić information content (AvgIpc) is 3.21. The van der Waals surface area contributed by atoms with Crippen molar-refractivity contribution in [3.8, 4) is 0 Å². The number of quaternary nitrogens is 1. The van der Waals surface area contributed by atoms with Gasteiger partial charge in [0.2, 0.25) is 0 Å². The van der Waals surface area contributed by atoms with Crippen LogP contribution in [0.25, 0.3) is 0 Å². The van der Waals surface area contributed by atoms with Crippen LogP contribution >= 0.6 is 0 Å². The van der Waals surface area contributed by atoms with E-state index in [0.717, 1.165) is 5.56 Å². The molecule has 2 aromatic rings. The third-order valence-corrected chi connectivity index (χ3v) is 6.30. The molecule has 0 saturated carbocycles. The van der Waals surface area contributed by atoms with Crippen LogP contribution in [-0.2, 0) is 11.2 Å². The lowest BCUT2D eigenvalue weighted by Gasteiger charge is -2.33. The molecule has 0 bridgehead atoms. The maximum Gasteiger partial charge on any atom is 0.523 e. The lowest BCUT2D eigenvalue weighted by molar-refractivity contribution is -0.790. The van der Waals surface area contributed by atoms with E-state index in [0.29, 0.717) is 18.4 Å². The van der Waals surface area contributed by atoms with Gasteiger partial charge in [-0.2, -0.15) is 4.79 Å². The van der Waals surface area contributed by atoms with Crippen molar-refractivity contribution < 1.29 is 28.8 Å². The number of urea groups is 1. The molecule has 0 radical (unpaired) electrons. The highest BCUT2D eigenvalue weighted by Crippen LogP contribution is 2.29. The average molecular weight is 453 g/mol. The Bertz CT molecular complexity index is 1010. The quantitative estimate of drug-likeness (QED) is 0.627. The lowest BCUT2D eigenvalue weighted by Crippen LogP contribution is -2.63. The smallest absolute Gasteiger partial charge is 0.435 e. The van der Waals surface area contributed by atoms with Crippen LogP contribution in [0.1, 0.15) is 35.7 Å². The van der Waals surface area contributed by atoms with Crippen LogP contribution in [0.15, 0.2) is 60.7 Å². The third kappa shape index (κ3) is 5.28. The number of carbonyl (C=O) groups is 4. The number of nitrogens with one attached hydrogen (secondary N) is 1. The monoisotopic (exact) mass is 452 g/mol. The van der Waals surface area contributed by atoms with Gasteiger partial charge in [-0.25, -0.2) is 4.79 Å². The molecular formula is C25H30N3O5+. The fraction of sp³-hybridized carbons (Fsp3) is 0.360. The highest BCUT2D eigenvalue weighted by Gasteiger charge is 2.54. The summed E-state index contributed by atoms with van der Waals surface area (Å²) >= 11 is 0. The molecule has 1 fully saturated rings. The minimum Gasteiger partial charge on any atom is -0.435 e. The molecule has 1 heterocycles. The van der Waals surface area contributed by atoms with Crippen molar-refractivity contribution in [2.45, 2.75) is 38.3 Å². The van der Waals surface area contributed by atoms with Crippen LogP contribution in [0, 0.1) is 0 Å². The van der Waals surface area contributed by atoms with Crippen molar-refractivity contribution >= 4 is 23.8 Å². The molecule has 1 saturated heterocycles. The zero-order valence-corrected chi connectivity index (χ0v) is 18.9. The van der Waals surface area contributed by atoms with E-state index in [2.05, 4.69) is 5.32 Å². The molecule has 2 unspecified atom stereocenters. The minimum atomic E-state index is -1.21. The molecule has 0 aromatic heterocycles. The molecule has 0 spiro atoms. The van der Waals surface area contributed by atoms with Crippen LogP contribution in [0.5, 0.6) is 0 Å². The van der Waals surface area contributed by atoms with E-state index in [1.807, 2.05) is 30.3 Å². The van der Waals surface area contributed by atoms with Crippen molar-refractivity contribution in [3.63, 3.8) is 0 Å². The topological polar surface area (TPSA) is 104 Å². The predicted octanol–water partition coefficient (Wildman–Crippen LogP) is 3.33. The largest absolute Gasteiger partial charge is 0.523 e. The molecule has 0 aliphatic carbocycles. The van der Waals surface area contributed by atoms with Crippen LogP contribution in [0.3, 0.4) is 0 Å². The number of nitrogens with zero attached hydrogens (tertiary/aromatic N) is 2. The van der Waals surface area contributed by atoms with Gasteiger partial charge in [-0.05, 0) is 31.0 Å². The van der Waals surface area contributed by atoms with Crippen LogP contribution in [0.2, 0.25) is 0 Å². The number of carboxylic acid groups (broad SMARTS) is 1. The van der Waals surface area contributed by atoms with Crippen LogP contribution < -0.4 is 5.32 Å². The lowest BCUT2D eigenvalue weighted by atomic mass is 10.0. The summed E-state index contributed by atoms with van der Waals surface area (Å²) in [6.07, 6.45) is 0.312. The fourth-order valence-electron chi connectivity index (χ4n) is 4.37. The molecule has 1 aliphatic rings. The van der Waals surface area contributed by atoms with Crippen molar-refractivity contribution in [2.24, 2.45) is 0 Å². The van der Waals surface area contributed by atoms with Gasteiger partial charge >= 0.3 is 12.1 Å². The van der Waals surface area contributed by atoms with Gasteiger partial charge in [-0.3, -0.25) is 14.5 Å². The number of hydrogen-bond acceptors (Lipinski definition) is 4. The molecule has 1 aliphatic heterocycles. The molecule has 2 aromatic carbocycles. The maximum atomic E-state index is 13.2. The molecular weight excluding hydrogens is 422 g/mol. The van der Waals surface area contributed by atoms with E-state index >= 15 is 0 Å². The van der Waals surface area contributed by atoms with Crippen molar-refractivity contribution in [1.82, 2.24) is 10.2 Å². The first-order chi connectivity index (χ1) is 15.8. The van der Waals surface area contributed by atoms with E-state index < -0.39 is 22.6 Å². The minimum absolute atomic E-state index is 0.200. The highest BCUT2D eigenvalue weighted by atomic mass is 16.4. The van der Waals surface area contributed by atoms with Gasteiger partial charge < -0.3 is 10.4 Å². The Morgan fingerprint density at radius 2 is 1.67 bits per heavy atom. The summed E-state index contributed by atoms with van der Waals surface area (Å²) in [7, 11) is 1.44. The SMILES string of the molecule is C[C@@H]1CCC[N+]1(C(=O)O)C(=O)N(C)CC(=O)C(Cc1ccccc1)NC(=O)c1ccccc1. The van der Waals surface area contributed by atoms with Crippen molar-refractivity contribution in [1.29, 1.82) is 0 Å². The first kappa shape index (κ1) is 24.1. The second-order valence-corrected chi connectivity index (χ2v) is 8.55. The Morgan fingerprint density at radius 3 is 2.21 bits per heavy atom. The summed E-state index contributed by atoms with van der Waals surface area (Å²) < 4.78 is -0.705. The summed E-state index contributed by atoms with van der Waals surface area (Å²) in [5, 5.41) is 12.6. The number of ketones is 1. The number of carbonyl (C=O) groups excluding carboxylic acids is 3. The second-order valence-electron chi connectivity index (χ2n) is 8.55. The van der Waals surface area contributed by atoms with Crippen LogP contribution in [-0.4, -0.2) is 70.5 Å². The molecule has 3 rings (SSSR count). The Balaban J connectivity index is 1.78. The molecule has 3 atom stereocenters. The zero-order valence-electron chi connectivity index (χ0n) is 18.9. The van der Waals surface area contributed by atoms with E-state index in [4.69, 9.17) is 0 Å². The van der Waals surface area contributed by atoms with Gasteiger partial charge in [0.15, 0.2) is 5.78 Å². The normalized spacial score (nSPS) is 20.6. The summed E-state index contributed by atoms with van der Waals surface area (Å²) in [5.74, 6) is -0.754. The van der Waals surface area contributed by atoms with Gasteiger partial charge in [-0.1, -0.05) is 48.5 Å². The standard InChI is InChI=1S/C25H29N3O5/c1-18-10-9-15-28(18,25(32)33)24(31)27(2)17-22(29)21(16-19-11-5-3-6-12-19)26-23(30)20-13-7-4-8-14-20/h3-8,11-14,18,21H,9-10,15-17H2,1-2H3,(H-,26,30,32,33)/p+1/t18-,21?,28?/m1/s1. The van der Waals surface area contributed by atoms with Gasteiger partial charge in [0.25, 0.3) is 5.91 Å². The number of imide groups is 1. The van der Waals surface area contributed by atoms with Gasteiger partial charge in [-0.15, -0.1) is 4.48 Å². The molecule has 174 valence electrons. The molecule has 8 heteroatoms. The number of likely N-dealkylation sites (N-methyl/N-ethyl adjacent to an activating group) is 1. The number of Topliss-reactive ketones (excluding diaryl/α,β-unsaturated/α-hetero) is 1. The van der Waals surface area contributed by atoms with E-state index in [1.165, 1.54) is 11.9 Å². The molecule has 2 N–H and O–H groups in total. The number of rotatable bonds is 7. The number of amides is 4. The Kier molecular flexibility index (Phi) is 7.60. The second kappa shape index (κ2) is 10.4. The van der Waals surface area contributed by atoms with Crippen molar-refractivity contribution in [3.05, 3.63) is 71.8 Å². The van der Waals surface area contributed by atoms with Gasteiger partial charge in [0.05, 0.1) is 19.1 Å². The van der Waals surface area contributed by atoms with Crippen molar-refractivity contribution in [2.75, 3.05) is 20.1 Å². The number of likely N-dealkylation sites (tertiary alicyclic amines) is 1. The number of hydrogen-bond donors (Lipinski definition) is 2. The Labute approximate surface area is 193 Å². The third-order valence-electron chi connectivity index (χ3n) is 6.30. The highest BCUT2D eigenvalue weighted by molar-refractivity contribution is 5.99. The van der Waals surface area contributed by atoms with E-state index in [1.54, 1.807) is 37.3 Å². The first-order valence-corrected chi connectivity index (χ1v) is 11.0. The molecule has 4 amide bonds. The van der Waals surface area contributed by atoms with Gasteiger partial charge in [0.1, 0.15) is 6.04 Å². The van der Waals surface area contributed by atoms with Gasteiger partial charge in [0, 0.05) is 25.5 Å². The Morgan fingerprint density at radius 1 is 1.06 bits per heavy atom. The first-order valence-electron chi connectivity index (χ1n) is 11.0. The number of benzene rings is 2. The summed E-state index contributed by atoms with van der Waals surface area (Å²) in [6.45, 7) is 1.64. The summed E-state index contributed by atoms with van der Waals surface area (Å²) in [6, 6.07) is 16.0. The predicted molar refractivity (Wildman–Crippen MR) is 123 cm³/mol. The van der Waals surface area contributed by atoms with E-state index in [-0.39, 0.29) is 37.2 Å². The maximum absolute atomic E-state index is 13.2. The molecule has 8 nitrogen and oxygen atoms in total. The molecule has 33 heavy (non-hydrogen) atoms. The fourth-order valence-corrected chi connectivity index (χ4v) is 4.37. The summed E-state index contributed by atoms with van der Waals surface area (Å²) in [5.41, 5.74) is 1.29. The summed E-state index contributed by atoms with van der Waals surface area (Å²) in [4.78, 5) is 52.3.